The summed E-state index contributed by atoms with van der Waals surface area (Å²) < 4.78 is 2.88. The fourth-order valence-corrected chi connectivity index (χ4v) is 83.6. The van der Waals surface area contributed by atoms with Crippen molar-refractivity contribution in [2.75, 3.05) is 0 Å². The van der Waals surface area contributed by atoms with E-state index in [1.54, 1.807) is 35.3 Å². The van der Waals surface area contributed by atoms with Crippen LogP contribution in [0.2, 0.25) is 24.2 Å². The van der Waals surface area contributed by atoms with Crippen LogP contribution < -0.4 is 24.8 Å². The summed E-state index contributed by atoms with van der Waals surface area (Å²) in [6.07, 6.45) is 14.0. The molecule has 1 unspecified atom stereocenters. The molecule has 0 fully saturated rings. The molecule has 2 aliphatic heterocycles. The summed E-state index contributed by atoms with van der Waals surface area (Å²) in [5, 5.41) is 0. The molecule has 2 bridgehead atoms. The molecule has 0 radical (unpaired) electrons. The van der Waals surface area contributed by atoms with Crippen molar-refractivity contribution in [1.29, 1.82) is 0 Å². The van der Waals surface area contributed by atoms with Crippen molar-refractivity contribution in [3.05, 3.63) is 87.2 Å². The van der Waals surface area contributed by atoms with Crippen molar-refractivity contribution in [3.63, 3.8) is 0 Å². The topological polar surface area (TPSA) is 0 Å². The van der Waals surface area contributed by atoms with Gasteiger partial charge < -0.3 is 24.8 Å². The van der Waals surface area contributed by atoms with Crippen molar-refractivity contribution in [3.8, 4) is 11.1 Å². The summed E-state index contributed by atoms with van der Waals surface area (Å²) in [6.45, 7) is 0. The first-order valence-electron chi connectivity index (χ1n) is 10.3. The van der Waals surface area contributed by atoms with E-state index in [1.807, 2.05) is 3.28 Å². The SMILES string of the molecule is C1=CC[C]([Zr+2]2([CH]3C=Cc4c(-c5ccccc5)cccc43)=[Si]3CC[Si]=2CC3)=C1.[Cl-].[Cl-]. The summed E-state index contributed by atoms with van der Waals surface area (Å²) in [5.41, 5.74) is 5.97. The van der Waals surface area contributed by atoms with E-state index in [2.05, 4.69) is 78.9 Å². The maximum absolute atomic E-state index is 2.71. The molecular formula is C24H24Cl2Si2Zr. The van der Waals surface area contributed by atoms with Crippen LogP contribution in [-0.2, 0) is 17.5 Å². The van der Waals surface area contributed by atoms with Gasteiger partial charge in [0.2, 0.25) is 0 Å². The van der Waals surface area contributed by atoms with Crippen molar-refractivity contribution >= 4 is 16.9 Å². The second kappa shape index (κ2) is 8.59. The molecule has 2 heterocycles. The molecule has 6 rings (SSSR count). The minimum absolute atomic E-state index is 0. The first-order valence-corrected chi connectivity index (χ1v) is 24.2. The van der Waals surface area contributed by atoms with Crippen molar-refractivity contribution in [2.45, 2.75) is 34.2 Å². The third kappa shape index (κ3) is 3.15. The van der Waals surface area contributed by atoms with Crippen LogP contribution in [0.15, 0.2) is 76.1 Å². The maximum atomic E-state index is 2.71. The fraction of sp³-hybridized carbons (Fsp3) is 0.250. The monoisotopic (exact) mass is 528 g/mol. The molecule has 0 N–H and O–H groups in total. The second-order valence-electron chi connectivity index (χ2n) is 8.35. The third-order valence-corrected chi connectivity index (χ3v) is 64.8. The minimum atomic E-state index is -2.29. The Morgan fingerprint density at radius 1 is 0.828 bits per heavy atom. The molecule has 4 aliphatic rings. The summed E-state index contributed by atoms with van der Waals surface area (Å²) in [7, 11) is 0. The molecule has 0 aromatic heterocycles. The Balaban J connectivity index is 0.00000102. The Bertz CT molecular complexity index is 1150. The first kappa shape index (κ1) is 21.8. The number of hydrogen-bond acceptors (Lipinski definition) is 0. The minimum Gasteiger partial charge on any atom is -1.00 e. The third-order valence-electron chi connectivity index (χ3n) is 7.33. The summed E-state index contributed by atoms with van der Waals surface area (Å²) >= 11 is -2.29. The average Bonchev–Trinajstić information content (AvgIpc) is 3.50. The first-order chi connectivity index (χ1) is 13.4. The molecule has 2 aromatic rings. The normalized spacial score (nSPS) is 20.1. The smallest absolute Gasteiger partial charge is 1.00 e. The van der Waals surface area contributed by atoms with Crippen LogP contribution in [0, 0.1) is 0 Å². The molecule has 29 heavy (non-hydrogen) atoms. The van der Waals surface area contributed by atoms with Gasteiger partial charge in [-0.2, -0.15) is 0 Å². The largest absolute Gasteiger partial charge is 1.00 e. The van der Waals surface area contributed by atoms with Gasteiger partial charge in [0.1, 0.15) is 0 Å². The van der Waals surface area contributed by atoms with Crippen LogP contribution >= 0.6 is 0 Å². The molecule has 0 saturated carbocycles. The zero-order valence-electron chi connectivity index (χ0n) is 16.4. The van der Waals surface area contributed by atoms with Crippen LogP contribution in [0.25, 0.3) is 17.2 Å². The molecular weight excluding hydrogens is 507 g/mol. The quantitative estimate of drug-likeness (QED) is 0.506. The van der Waals surface area contributed by atoms with Gasteiger partial charge in [-0.1, -0.05) is 0 Å². The number of fused-ring (bicyclic) bond motifs is 1. The van der Waals surface area contributed by atoms with Crippen LogP contribution in [0.3, 0.4) is 0 Å². The Morgan fingerprint density at radius 2 is 1.55 bits per heavy atom. The van der Waals surface area contributed by atoms with Gasteiger partial charge in [-0.05, 0) is 0 Å². The summed E-state index contributed by atoms with van der Waals surface area (Å²) in [5.74, 6) is 0. The molecule has 1 atom stereocenters. The van der Waals surface area contributed by atoms with Gasteiger partial charge in [0.05, 0.1) is 0 Å². The van der Waals surface area contributed by atoms with E-state index in [0.717, 1.165) is 3.63 Å². The van der Waals surface area contributed by atoms with Crippen molar-refractivity contribution in [2.24, 2.45) is 0 Å². The summed E-state index contributed by atoms with van der Waals surface area (Å²) in [6, 6.07) is 24.9. The van der Waals surface area contributed by atoms with Crippen molar-refractivity contribution in [1.82, 2.24) is 0 Å². The fourth-order valence-electron chi connectivity index (χ4n) is 6.31. The molecule has 0 spiro atoms. The van der Waals surface area contributed by atoms with Gasteiger partial charge in [0.25, 0.3) is 0 Å². The van der Waals surface area contributed by atoms with E-state index in [4.69, 9.17) is 0 Å². The standard InChI is InChI=1S/C15H11.C5H5.C4H8Si2.2ClH.Zr/c1-2-6-12(7-3-1)14-10-4-8-13-9-5-11-15(13)14;1-2-4-5-3-1;1-2-6-4-3-5-1;;;/h1-11H;1-3H,4H2;1-4H2;2*1H;/q;;;;;+2/p-2. The van der Waals surface area contributed by atoms with Crippen LogP contribution in [-0.4, -0.2) is 10.9 Å². The Morgan fingerprint density at radius 3 is 2.21 bits per heavy atom. The van der Waals surface area contributed by atoms with Gasteiger partial charge in [0, 0.05) is 0 Å². The number of halogens is 2. The molecule has 2 aromatic carbocycles. The molecule has 0 nitrogen and oxygen atoms in total. The van der Waals surface area contributed by atoms with Gasteiger partial charge in [-0.25, -0.2) is 0 Å². The van der Waals surface area contributed by atoms with Gasteiger partial charge >= 0.3 is 167 Å². The van der Waals surface area contributed by atoms with Gasteiger partial charge in [-0.3, -0.25) is 0 Å². The van der Waals surface area contributed by atoms with Crippen molar-refractivity contribution < 1.29 is 42.3 Å². The number of allylic oxidation sites excluding steroid dienone is 5. The van der Waals surface area contributed by atoms with E-state index in [1.165, 1.54) is 17.5 Å². The Labute approximate surface area is 190 Å². The van der Waals surface area contributed by atoms with E-state index in [-0.39, 0.29) is 35.7 Å². The maximum Gasteiger partial charge on any atom is -1.00 e. The van der Waals surface area contributed by atoms with E-state index in [0.29, 0.717) is 0 Å². The Kier molecular flexibility index (Phi) is 6.45. The second-order valence-corrected chi connectivity index (χ2v) is 42.6. The van der Waals surface area contributed by atoms with Crippen LogP contribution in [0.1, 0.15) is 21.2 Å². The van der Waals surface area contributed by atoms with E-state index >= 15 is 0 Å². The van der Waals surface area contributed by atoms with Crippen LogP contribution in [0.5, 0.6) is 0 Å². The number of rotatable bonds is 3. The molecule has 2 aliphatic carbocycles. The number of hydrogen-bond donors (Lipinski definition) is 0. The van der Waals surface area contributed by atoms with Gasteiger partial charge in [0.15, 0.2) is 0 Å². The predicted molar refractivity (Wildman–Crippen MR) is 116 cm³/mol. The zero-order valence-corrected chi connectivity index (χ0v) is 22.3. The van der Waals surface area contributed by atoms with E-state index in [9.17, 15) is 0 Å². The molecule has 0 saturated heterocycles. The predicted octanol–water partition coefficient (Wildman–Crippen LogP) is 0.437. The zero-order chi connectivity index (χ0) is 17.8. The molecule has 0 amide bonds. The number of benzene rings is 2. The van der Waals surface area contributed by atoms with Gasteiger partial charge in [-0.15, -0.1) is 0 Å². The molecule has 146 valence electrons. The summed E-state index contributed by atoms with van der Waals surface area (Å²) in [4.78, 5) is 0. The van der Waals surface area contributed by atoms with E-state index < -0.39 is 17.5 Å². The Hall–Kier alpha value is -0.443. The molecule has 5 heteroatoms. The average molecular weight is 531 g/mol. The van der Waals surface area contributed by atoms with Crippen LogP contribution in [0.4, 0.5) is 0 Å².